The second kappa shape index (κ2) is 5.83. The molecule has 3 aliphatic rings. The largest absolute Gasteiger partial charge is 0.494 e. The van der Waals surface area contributed by atoms with Gasteiger partial charge in [0.25, 0.3) is 0 Å². The Hall–Kier alpha value is -1.55. The Kier molecular flexibility index (Phi) is 3.92. The maximum Gasteiger partial charge on any atom is 0.338 e. The van der Waals surface area contributed by atoms with Crippen molar-refractivity contribution in [2.24, 2.45) is 5.92 Å². The lowest BCUT2D eigenvalue weighted by molar-refractivity contribution is -0.0455. The van der Waals surface area contributed by atoms with E-state index in [1.54, 1.807) is 12.1 Å². The molecule has 3 saturated heterocycles. The highest BCUT2D eigenvalue weighted by atomic mass is 16.5. The van der Waals surface area contributed by atoms with Crippen LogP contribution in [0.25, 0.3) is 0 Å². The van der Waals surface area contributed by atoms with E-state index in [0.717, 1.165) is 38.2 Å². The molecule has 3 heterocycles. The van der Waals surface area contributed by atoms with E-state index in [2.05, 4.69) is 4.90 Å². The number of hydrogen-bond acceptors (Lipinski definition) is 4. The second-order valence-electron chi connectivity index (χ2n) is 5.54. The number of fused-ring (bicyclic) bond motifs is 3. The van der Waals surface area contributed by atoms with Gasteiger partial charge in [0.2, 0.25) is 0 Å². The summed E-state index contributed by atoms with van der Waals surface area (Å²) in [5.74, 6) is 1.12. The minimum atomic E-state index is -0.216. The summed E-state index contributed by atoms with van der Waals surface area (Å²) in [5, 5.41) is 0. The number of rotatable bonds is 4. The molecular formula is C16H21NO3. The van der Waals surface area contributed by atoms with Crippen LogP contribution in [0.5, 0.6) is 5.75 Å². The van der Waals surface area contributed by atoms with Crippen LogP contribution in [-0.4, -0.2) is 43.2 Å². The van der Waals surface area contributed by atoms with Crippen LogP contribution in [0.1, 0.15) is 30.1 Å². The monoisotopic (exact) mass is 275 g/mol. The lowest BCUT2D eigenvalue weighted by Gasteiger charge is -2.43. The molecule has 4 nitrogen and oxygen atoms in total. The number of carbonyl (C=O) groups excluding carboxylic acids is 1. The first-order valence-corrected chi connectivity index (χ1v) is 7.42. The highest BCUT2D eigenvalue weighted by Crippen LogP contribution is 2.30. The smallest absolute Gasteiger partial charge is 0.338 e. The van der Waals surface area contributed by atoms with E-state index in [9.17, 15) is 4.79 Å². The molecule has 1 aromatic carbocycles. The summed E-state index contributed by atoms with van der Waals surface area (Å²) in [6.07, 6.45) is 2.37. The van der Waals surface area contributed by atoms with Crippen LogP contribution < -0.4 is 4.74 Å². The molecule has 0 saturated carbocycles. The molecule has 0 aromatic heterocycles. The lowest BCUT2D eigenvalue weighted by atomic mass is 9.86. The standard InChI is InChI=1S/C16H21NO3/c1-2-19-14-5-3-13(4-6-14)16(18)20-15-11-17-9-7-12(15)8-10-17/h3-6,12,15H,2,7-11H2,1H3. The summed E-state index contributed by atoms with van der Waals surface area (Å²) < 4.78 is 11.1. The minimum Gasteiger partial charge on any atom is -0.494 e. The van der Waals surface area contributed by atoms with Crippen LogP contribution in [0, 0.1) is 5.92 Å². The van der Waals surface area contributed by atoms with E-state index in [4.69, 9.17) is 9.47 Å². The van der Waals surface area contributed by atoms with Crippen LogP contribution in [0.15, 0.2) is 24.3 Å². The van der Waals surface area contributed by atoms with Gasteiger partial charge in [-0.3, -0.25) is 4.90 Å². The van der Waals surface area contributed by atoms with Gasteiger partial charge in [0.05, 0.1) is 12.2 Å². The fourth-order valence-electron chi connectivity index (χ4n) is 3.10. The number of nitrogens with zero attached hydrogens (tertiary/aromatic N) is 1. The fraction of sp³-hybridized carbons (Fsp3) is 0.562. The summed E-state index contributed by atoms with van der Waals surface area (Å²) in [4.78, 5) is 14.6. The zero-order valence-electron chi connectivity index (χ0n) is 11.9. The van der Waals surface area contributed by atoms with Gasteiger partial charge in [0.1, 0.15) is 11.9 Å². The van der Waals surface area contributed by atoms with Crippen molar-refractivity contribution in [1.29, 1.82) is 0 Å². The molecule has 1 aromatic rings. The Balaban J connectivity index is 1.61. The first kappa shape index (κ1) is 13.4. The molecular weight excluding hydrogens is 254 g/mol. The van der Waals surface area contributed by atoms with E-state index >= 15 is 0 Å². The molecule has 3 aliphatic heterocycles. The van der Waals surface area contributed by atoms with E-state index in [0.29, 0.717) is 18.1 Å². The first-order chi connectivity index (χ1) is 9.76. The molecule has 0 radical (unpaired) electrons. The Bertz CT molecular complexity index is 463. The Morgan fingerprint density at radius 3 is 2.50 bits per heavy atom. The maximum absolute atomic E-state index is 12.2. The van der Waals surface area contributed by atoms with Crippen molar-refractivity contribution in [2.75, 3.05) is 26.2 Å². The van der Waals surface area contributed by atoms with Gasteiger partial charge >= 0.3 is 5.97 Å². The third-order valence-corrected chi connectivity index (χ3v) is 4.26. The molecule has 20 heavy (non-hydrogen) atoms. The summed E-state index contributed by atoms with van der Waals surface area (Å²) in [6, 6.07) is 7.18. The van der Waals surface area contributed by atoms with E-state index in [1.165, 1.54) is 0 Å². The number of piperidine rings is 3. The Morgan fingerprint density at radius 2 is 1.95 bits per heavy atom. The molecule has 3 fully saturated rings. The molecule has 2 bridgehead atoms. The first-order valence-electron chi connectivity index (χ1n) is 7.42. The number of ether oxygens (including phenoxy) is 2. The van der Waals surface area contributed by atoms with Gasteiger partial charge in [0, 0.05) is 6.54 Å². The van der Waals surface area contributed by atoms with Crippen LogP contribution >= 0.6 is 0 Å². The quantitative estimate of drug-likeness (QED) is 0.791. The molecule has 108 valence electrons. The number of carbonyl (C=O) groups is 1. The third kappa shape index (κ3) is 2.80. The van der Waals surface area contributed by atoms with Crippen molar-refractivity contribution < 1.29 is 14.3 Å². The van der Waals surface area contributed by atoms with Gasteiger partial charge in [-0.05, 0) is 63.0 Å². The number of hydrogen-bond donors (Lipinski definition) is 0. The zero-order valence-corrected chi connectivity index (χ0v) is 11.9. The molecule has 0 amide bonds. The molecule has 1 unspecified atom stereocenters. The van der Waals surface area contributed by atoms with Gasteiger partial charge < -0.3 is 9.47 Å². The SMILES string of the molecule is CCOc1ccc(C(=O)OC2CN3CCC2CC3)cc1. The summed E-state index contributed by atoms with van der Waals surface area (Å²) in [5.41, 5.74) is 0.602. The summed E-state index contributed by atoms with van der Waals surface area (Å²) in [7, 11) is 0. The average Bonchev–Trinajstić information content (AvgIpc) is 2.49. The number of benzene rings is 1. The van der Waals surface area contributed by atoms with Gasteiger partial charge in [-0.2, -0.15) is 0 Å². The topological polar surface area (TPSA) is 38.8 Å². The highest BCUT2D eigenvalue weighted by molar-refractivity contribution is 5.89. The van der Waals surface area contributed by atoms with Gasteiger partial charge in [-0.25, -0.2) is 4.79 Å². The van der Waals surface area contributed by atoms with Crippen molar-refractivity contribution in [3.63, 3.8) is 0 Å². The predicted molar refractivity (Wildman–Crippen MR) is 76.0 cm³/mol. The third-order valence-electron chi connectivity index (χ3n) is 4.26. The molecule has 4 rings (SSSR count). The summed E-state index contributed by atoms with van der Waals surface area (Å²) >= 11 is 0. The predicted octanol–water partition coefficient (Wildman–Crippen LogP) is 2.34. The van der Waals surface area contributed by atoms with Crippen molar-refractivity contribution >= 4 is 5.97 Å². The highest BCUT2D eigenvalue weighted by Gasteiger charge is 2.36. The van der Waals surface area contributed by atoms with Crippen LogP contribution in [0.4, 0.5) is 0 Å². The molecule has 0 aliphatic carbocycles. The van der Waals surface area contributed by atoms with Crippen molar-refractivity contribution in [3.8, 4) is 5.75 Å². The van der Waals surface area contributed by atoms with Gasteiger partial charge in [-0.1, -0.05) is 0 Å². The Morgan fingerprint density at radius 1 is 1.25 bits per heavy atom. The van der Waals surface area contributed by atoms with E-state index in [1.807, 2.05) is 19.1 Å². The zero-order chi connectivity index (χ0) is 13.9. The lowest BCUT2D eigenvalue weighted by Crippen LogP contribution is -2.51. The molecule has 4 heteroatoms. The van der Waals surface area contributed by atoms with Crippen molar-refractivity contribution in [3.05, 3.63) is 29.8 Å². The Labute approximate surface area is 119 Å². The van der Waals surface area contributed by atoms with Crippen molar-refractivity contribution in [1.82, 2.24) is 4.90 Å². The van der Waals surface area contributed by atoms with Crippen LogP contribution in [-0.2, 0) is 4.74 Å². The average molecular weight is 275 g/mol. The van der Waals surface area contributed by atoms with Gasteiger partial charge in [-0.15, -0.1) is 0 Å². The molecule has 0 N–H and O–H groups in total. The fourth-order valence-corrected chi connectivity index (χ4v) is 3.10. The number of esters is 1. The van der Waals surface area contributed by atoms with Crippen LogP contribution in [0.2, 0.25) is 0 Å². The van der Waals surface area contributed by atoms with Crippen LogP contribution in [0.3, 0.4) is 0 Å². The normalized spacial score (nSPS) is 28.1. The maximum atomic E-state index is 12.2. The molecule has 0 spiro atoms. The van der Waals surface area contributed by atoms with E-state index in [-0.39, 0.29) is 12.1 Å². The summed E-state index contributed by atoms with van der Waals surface area (Å²) in [6.45, 7) is 5.77. The van der Waals surface area contributed by atoms with E-state index < -0.39 is 0 Å². The minimum absolute atomic E-state index is 0.0663. The molecule has 1 atom stereocenters. The van der Waals surface area contributed by atoms with Gasteiger partial charge in [0.15, 0.2) is 0 Å². The van der Waals surface area contributed by atoms with Crippen molar-refractivity contribution in [2.45, 2.75) is 25.9 Å². The second-order valence-corrected chi connectivity index (χ2v) is 5.54.